The van der Waals surface area contributed by atoms with Crippen LogP contribution in [0.4, 0.5) is 11.4 Å². The molecule has 4 rings (SSSR count). The van der Waals surface area contributed by atoms with E-state index in [1.165, 1.54) is 0 Å². The minimum atomic E-state index is -0.00722. The van der Waals surface area contributed by atoms with E-state index in [1.54, 1.807) is 30.9 Å². The summed E-state index contributed by atoms with van der Waals surface area (Å²) in [5, 5.41) is 17.1. The quantitative estimate of drug-likeness (QED) is 0.379. The van der Waals surface area contributed by atoms with Crippen molar-refractivity contribution in [3.63, 3.8) is 0 Å². The molecule has 0 unspecified atom stereocenters. The number of imidazole rings is 1. The summed E-state index contributed by atoms with van der Waals surface area (Å²) in [6, 6.07) is 13.0. The molecule has 2 aromatic heterocycles. The highest BCUT2D eigenvalue weighted by Gasteiger charge is 2.09. The predicted octanol–water partition coefficient (Wildman–Crippen LogP) is 3.94. The summed E-state index contributed by atoms with van der Waals surface area (Å²) < 4.78 is 1.99. The van der Waals surface area contributed by atoms with Crippen LogP contribution in [0.25, 0.3) is 10.9 Å². The molecule has 0 saturated carbocycles. The van der Waals surface area contributed by atoms with E-state index >= 15 is 0 Å². The number of anilines is 2. The molecule has 7 nitrogen and oxygen atoms in total. The van der Waals surface area contributed by atoms with Gasteiger partial charge in [-0.1, -0.05) is 12.1 Å². The molecule has 0 aliphatic carbocycles. The molecule has 0 spiro atoms. The first-order valence-electron chi connectivity index (χ1n) is 10.3. The maximum absolute atomic E-state index is 12.4. The molecule has 0 aliphatic heterocycles. The van der Waals surface area contributed by atoms with Gasteiger partial charge in [0, 0.05) is 54.5 Å². The summed E-state index contributed by atoms with van der Waals surface area (Å²) >= 11 is 0. The Balaban J connectivity index is 1.43. The van der Waals surface area contributed by atoms with Crippen LogP contribution in [0.1, 0.15) is 17.5 Å². The van der Waals surface area contributed by atoms with Crippen molar-refractivity contribution < 1.29 is 9.90 Å². The van der Waals surface area contributed by atoms with Gasteiger partial charge in [0.25, 0.3) is 0 Å². The number of benzene rings is 2. The number of phenols is 1. The van der Waals surface area contributed by atoms with Crippen LogP contribution in [0.15, 0.2) is 67.4 Å². The molecule has 7 heteroatoms. The van der Waals surface area contributed by atoms with Gasteiger partial charge in [-0.25, -0.2) is 4.98 Å². The average molecular weight is 415 g/mol. The van der Waals surface area contributed by atoms with E-state index < -0.39 is 0 Å². The molecular formula is C24H25N5O2. The van der Waals surface area contributed by atoms with Gasteiger partial charge in [-0.15, -0.1) is 0 Å². The van der Waals surface area contributed by atoms with Gasteiger partial charge < -0.3 is 20.3 Å². The Morgan fingerprint density at radius 3 is 2.84 bits per heavy atom. The third-order valence-corrected chi connectivity index (χ3v) is 5.14. The zero-order chi connectivity index (χ0) is 21.6. The van der Waals surface area contributed by atoms with Crippen LogP contribution < -0.4 is 10.6 Å². The van der Waals surface area contributed by atoms with Crippen molar-refractivity contribution in [3.8, 4) is 5.75 Å². The lowest BCUT2D eigenvalue weighted by Gasteiger charge is -2.13. The highest BCUT2D eigenvalue weighted by atomic mass is 16.3. The highest BCUT2D eigenvalue weighted by molar-refractivity contribution is 5.94. The summed E-state index contributed by atoms with van der Waals surface area (Å²) in [6.07, 6.45) is 8.33. The highest BCUT2D eigenvalue weighted by Crippen LogP contribution is 2.29. The molecule has 2 heterocycles. The predicted molar refractivity (Wildman–Crippen MR) is 121 cm³/mol. The van der Waals surface area contributed by atoms with Crippen LogP contribution in [0, 0.1) is 6.92 Å². The van der Waals surface area contributed by atoms with E-state index in [9.17, 15) is 9.90 Å². The van der Waals surface area contributed by atoms with Crippen molar-refractivity contribution in [2.75, 3.05) is 11.9 Å². The van der Waals surface area contributed by atoms with Crippen LogP contribution >= 0.6 is 0 Å². The summed E-state index contributed by atoms with van der Waals surface area (Å²) in [7, 11) is 0. The number of nitrogens with one attached hydrogen (secondary N) is 2. The van der Waals surface area contributed by atoms with Crippen LogP contribution in [0.2, 0.25) is 0 Å². The summed E-state index contributed by atoms with van der Waals surface area (Å²) in [5.41, 5.74) is 4.49. The van der Waals surface area contributed by atoms with Crippen molar-refractivity contribution >= 4 is 28.2 Å². The molecule has 3 N–H and O–H groups in total. The first kappa shape index (κ1) is 20.4. The molecule has 158 valence electrons. The number of nitrogens with zero attached hydrogens (tertiary/aromatic N) is 3. The fraction of sp³-hybridized carbons (Fsp3) is 0.208. The van der Waals surface area contributed by atoms with Crippen LogP contribution in [0.3, 0.4) is 0 Å². The summed E-state index contributed by atoms with van der Waals surface area (Å²) in [5.74, 6) is 0.198. The Morgan fingerprint density at radius 2 is 2.00 bits per heavy atom. The second-order valence-corrected chi connectivity index (χ2v) is 7.52. The minimum absolute atomic E-state index is 0.00722. The normalized spacial score (nSPS) is 10.9. The zero-order valence-corrected chi connectivity index (χ0v) is 17.4. The Labute approximate surface area is 180 Å². The van der Waals surface area contributed by atoms with Gasteiger partial charge in [-0.05, 0) is 48.7 Å². The molecule has 31 heavy (non-hydrogen) atoms. The molecular weight excluding hydrogens is 390 g/mol. The second kappa shape index (κ2) is 9.30. The number of carbonyl (C=O) groups excluding carboxylic acids is 1. The minimum Gasteiger partial charge on any atom is -0.508 e. The van der Waals surface area contributed by atoms with Gasteiger partial charge in [0.2, 0.25) is 5.91 Å². The van der Waals surface area contributed by atoms with E-state index in [2.05, 4.69) is 20.6 Å². The van der Waals surface area contributed by atoms with Gasteiger partial charge in [0.15, 0.2) is 0 Å². The average Bonchev–Trinajstić information content (AvgIpc) is 3.28. The molecule has 0 aliphatic rings. The maximum atomic E-state index is 12.4. The lowest BCUT2D eigenvalue weighted by atomic mass is 10.1. The van der Waals surface area contributed by atoms with E-state index in [0.29, 0.717) is 13.0 Å². The summed E-state index contributed by atoms with van der Waals surface area (Å²) in [6.45, 7) is 3.43. The first-order valence-corrected chi connectivity index (χ1v) is 10.3. The Bertz CT molecular complexity index is 1190. The monoisotopic (exact) mass is 415 g/mol. The van der Waals surface area contributed by atoms with E-state index in [1.807, 2.05) is 48.0 Å². The number of amides is 1. The maximum Gasteiger partial charge on any atom is 0.224 e. The number of fused-ring (bicyclic) bond motifs is 1. The van der Waals surface area contributed by atoms with Gasteiger partial charge in [0.1, 0.15) is 5.75 Å². The number of hydrogen-bond acceptors (Lipinski definition) is 5. The molecule has 0 bridgehead atoms. The third-order valence-electron chi connectivity index (χ3n) is 5.14. The largest absolute Gasteiger partial charge is 0.508 e. The molecule has 0 fully saturated rings. The SMILES string of the molecule is Cc1ccc(O)cc1Nc1ccnc2ccc(CC(=O)NCCCn3ccnc3)cc12. The van der Waals surface area contributed by atoms with Crippen molar-refractivity contribution in [3.05, 3.63) is 78.5 Å². The van der Waals surface area contributed by atoms with Crippen molar-refractivity contribution in [1.29, 1.82) is 0 Å². The Hall–Kier alpha value is -3.87. The zero-order valence-electron chi connectivity index (χ0n) is 17.4. The molecule has 0 atom stereocenters. The van der Waals surface area contributed by atoms with Gasteiger partial charge in [-0.3, -0.25) is 9.78 Å². The lowest BCUT2D eigenvalue weighted by molar-refractivity contribution is -0.120. The molecule has 4 aromatic rings. The van der Waals surface area contributed by atoms with Crippen molar-refractivity contribution in [2.24, 2.45) is 0 Å². The fourth-order valence-electron chi connectivity index (χ4n) is 3.46. The number of aromatic hydroxyl groups is 1. The van der Waals surface area contributed by atoms with Crippen molar-refractivity contribution in [2.45, 2.75) is 26.3 Å². The molecule has 1 amide bonds. The lowest BCUT2D eigenvalue weighted by Crippen LogP contribution is -2.26. The fourth-order valence-corrected chi connectivity index (χ4v) is 3.46. The number of aryl methyl sites for hydroxylation is 2. The first-order chi connectivity index (χ1) is 15.1. The van der Waals surface area contributed by atoms with E-state index in [-0.39, 0.29) is 11.7 Å². The van der Waals surface area contributed by atoms with Crippen molar-refractivity contribution in [1.82, 2.24) is 19.9 Å². The van der Waals surface area contributed by atoms with E-state index in [4.69, 9.17) is 0 Å². The Morgan fingerprint density at radius 1 is 1.10 bits per heavy atom. The second-order valence-electron chi connectivity index (χ2n) is 7.52. The number of hydrogen-bond donors (Lipinski definition) is 3. The standard InChI is InChI=1S/C24H25N5O2/c1-17-3-5-19(30)15-23(17)28-22-7-9-26-21-6-4-18(13-20(21)22)14-24(31)27-8-2-11-29-12-10-25-16-29/h3-7,9-10,12-13,15-16,30H,2,8,11,14H2,1H3,(H,26,28)(H,27,31). The van der Waals surface area contributed by atoms with Gasteiger partial charge in [-0.2, -0.15) is 0 Å². The Kier molecular flexibility index (Phi) is 6.12. The number of carbonyl (C=O) groups is 1. The van der Waals surface area contributed by atoms with Crippen LogP contribution in [0.5, 0.6) is 5.75 Å². The van der Waals surface area contributed by atoms with Crippen LogP contribution in [-0.4, -0.2) is 32.1 Å². The number of phenolic OH excluding ortho intramolecular Hbond substituents is 1. The topological polar surface area (TPSA) is 92.1 Å². The smallest absolute Gasteiger partial charge is 0.224 e. The summed E-state index contributed by atoms with van der Waals surface area (Å²) in [4.78, 5) is 20.8. The van der Waals surface area contributed by atoms with Gasteiger partial charge in [0.05, 0.1) is 18.3 Å². The molecule has 0 saturated heterocycles. The number of pyridine rings is 1. The third kappa shape index (κ3) is 5.19. The molecule has 2 aromatic carbocycles. The van der Waals surface area contributed by atoms with E-state index in [0.717, 1.165) is 46.4 Å². The molecule has 0 radical (unpaired) electrons. The number of aromatic nitrogens is 3. The van der Waals surface area contributed by atoms with Crippen LogP contribution in [-0.2, 0) is 17.8 Å². The number of rotatable bonds is 8. The van der Waals surface area contributed by atoms with Gasteiger partial charge >= 0.3 is 0 Å².